The molecule has 0 aromatic carbocycles. The molecular weight excluding hydrogens is 222 g/mol. The summed E-state index contributed by atoms with van der Waals surface area (Å²) in [5, 5.41) is 3.65. The topological polar surface area (TPSA) is 18.5 Å². The van der Waals surface area contributed by atoms with Crippen LogP contribution in [0.3, 0.4) is 0 Å². The molecule has 0 amide bonds. The van der Waals surface area contributed by atoms with E-state index in [9.17, 15) is 0 Å². The minimum absolute atomic E-state index is 0.601. The molecule has 18 heavy (non-hydrogen) atoms. The zero-order valence-electron chi connectivity index (χ0n) is 13.7. The van der Waals surface area contributed by atoms with E-state index in [1.807, 2.05) is 0 Å². The first-order valence-electron chi connectivity index (χ1n) is 7.56. The van der Waals surface area contributed by atoms with Crippen LogP contribution in [0.5, 0.6) is 0 Å². The first-order chi connectivity index (χ1) is 8.42. The lowest BCUT2D eigenvalue weighted by molar-refractivity contribution is 0.133. The van der Waals surface area contributed by atoms with Crippen molar-refractivity contribution in [2.24, 2.45) is 0 Å². The molecule has 3 heteroatoms. The summed E-state index contributed by atoms with van der Waals surface area (Å²) in [5.74, 6) is 0. The normalized spacial score (nSPS) is 17.2. The van der Waals surface area contributed by atoms with Crippen molar-refractivity contribution in [2.45, 2.75) is 65.6 Å². The average molecular weight is 257 g/mol. The van der Waals surface area contributed by atoms with Crippen LogP contribution in [-0.4, -0.2) is 61.7 Å². The standard InChI is InChI=1S/C15H35N3/c1-8-10-13(3)16-11-14(4)18(9-2)15(5)12-17(6)7/h13-16H,8-12H2,1-7H3. The number of nitrogens with one attached hydrogen (secondary N) is 1. The van der Waals surface area contributed by atoms with Crippen molar-refractivity contribution in [1.82, 2.24) is 15.1 Å². The van der Waals surface area contributed by atoms with Crippen LogP contribution in [0, 0.1) is 0 Å². The van der Waals surface area contributed by atoms with Gasteiger partial charge in [-0.2, -0.15) is 0 Å². The monoisotopic (exact) mass is 257 g/mol. The Labute approximate surface area is 115 Å². The van der Waals surface area contributed by atoms with Gasteiger partial charge in [-0.05, 0) is 47.8 Å². The van der Waals surface area contributed by atoms with E-state index in [2.05, 4.69) is 63.8 Å². The van der Waals surface area contributed by atoms with Crippen LogP contribution in [0.15, 0.2) is 0 Å². The maximum Gasteiger partial charge on any atom is 0.0197 e. The molecule has 0 saturated heterocycles. The third kappa shape index (κ3) is 7.34. The molecule has 3 unspecified atom stereocenters. The van der Waals surface area contributed by atoms with Gasteiger partial charge in [0.15, 0.2) is 0 Å². The second-order valence-electron chi connectivity index (χ2n) is 5.89. The summed E-state index contributed by atoms with van der Waals surface area (Å²) in [4.78, 5) is 4.86. The van der Waals surface area contributed by atoms with Gasteiger partial charge < -0.3 is 10.2 Å². The van der Waals surface area contributed by atoms with Gasteiger partial charge in [0.25, 0.3) is 0 Å². The highest BCUT2D eigenvalue weighted by Gasteiger charge is 2.19. The highest BCUT2D eigenvalue weighted by Crippen LogP contribution is 2.06. The van der Waals surface area contributed by atoms with Gasteiger partial charge in [-0.1, -0.05) is 20.3 Å². The predicted octanol–water partition coefficient (Wildman–Crippen LogP) is 2.43. The minimum Gasteiger partial charge on any atom is -0.313 e. The zero-order chi connectivity index (χ0) is 14.1. The van der Waals surface area contributed by atoms with Crippen molar-refractivity contribution in [3.05, 3.63) is 0 Å². The lowest BCUT2D eigenvalue weighted by Gasteiger charge is -2.35. The molecule has 0 saturated carbocycles. The summed E-state index contributed by atoms with van der Waals surface area (Å²) in [7, 11) is 4.30. The lowest BCUT2D eigenvalue weighted by Crippen LogP contribution is -2.49. The van der Waals surface area contributed by atoms with E-state index in [-0.39, 0.29) is 0 Å². The quantitative estimate of drug-likeness (QED) is 0.648. The highest BCUT2D eigenvalue weighted by molar-refractivity contribution is 4.77. The Kier molecular flexibility index (Phi) is 9.70. The fourth-order valence-corrected chi connectivity index (χ4v) is 2.72. The summed E-state index contributed by atoms with van der Waals surface area (Å²) in [6, 6.07) is 1.85. The Bertz CT molecular complexity index is 194. The van der Waals surface area contributed by atoms with Gasteiger partial charge in [0.1, 0.15) is 0 Å². The molecule has 0 rings (SSSR count). The van der Waals surface area contributed by atoms with Crippen molar-refractivity contribution in [3.8, 4) is 0 Å². The summed E-state index contributed by atoms with van der Waals surface area (Å²) >= 11 is 0. The fraction of sp³-hybridized carbons (Fsp3) is 1.00. The lowest BCUT2D eigenvalue weighted by atomic mass is 10.1. The highest BCUT2D eigenvalue weighted by atomic mass is 15.2. The van der Waals surface area contributed by atoms with Gasteiger partial charge in [0.05, 0.1) is 0 Å². The fourth-order valence-electron chi connectivity index (χ4n) is 2.72. The molecule has 0 fully saturated rings. The zero-order valence-corrected chi connectivity index (χ0v) is 13.7. The second kappa shape index (κ2) is 9.76. The van der Waals surface area contributed by atoms with E-state index in [1.54, 1.807) is 0 Å². The maximum absolute atomic E-state index is 3.65. The minimum atomic E-state index is 0.601. The van der Waals surface area contributed by atoms with Gasteiger partial charge in [-0.25, -0.2) is 0 Å². The Morgan fingerprint density at radius 3 is 2.06 bits per heavy atom. The Hall–Kier alpha value is -0.120. The molecule has 110 valence electrons. The smallest absolute Gasteiger partial charge is 0.0197 e. The van der Waals surface area contributed by atoms with Crippen LogP contribution in [0.25, 0.3) is 0 Å². The third-order valence-electron chi connectivity index (χ3n) is 3.61. The van der Waals surface area contributed by atoms with Gasteiger partial charge in [-0.3, -0.25) is 4.90 Å². The Balaban J connectivity index is 4.13. The molecule has 0 radical (unpaired) electrons. The first kappa shape index (κ1) is 17.9. The largest absolute Gasteiger partial charge is 0.313 e. The molecule has 0 aliphatic rings. The van der Waals surface area contributed by atoms with Crippen LogP contribution in [0.4, 0.5) is 0 Å². The van der Waals surface area contributed by atoms with E-state index in [4.69, 9.17) is 0 Å². The van der Waals surface area contributed by atoms with Crippen LogP contribution in [-0.2, 0) is 0 Å². The molecule has 0 spiro atoms. The van der Waals surface area contributed by atoms with Crippen LogP contribution < -0.4 is 5.32 Å². The van der Waals surface area contributed by atoms with Crippen molar-refractivity contribution in [3.63, 3.8) is 0 Å². The molecule has 1 N–H and O–H groups in total. The first-order valence-corrected chi connectivity index (χ1v) is 7.56. The molecule has 0 aliphatic carbocycles. The summed E-state index contributed by atoms with van der Waals surface area (Å²) in [5.41, 5.74) is 0. The molecule has 0 aliphatic heterocycles. The molecule has 0 aromatic heterocycles. The van der Waals surface area contributed by atoms with E-state index in [0.29, 0.717) is 18.1 Å². The van der Waals surface area contributed by atoms with Crippen LogP contribution >= 0.6 is 0 Å². The van der Waals surface area contributed by atoms with E-state index < -0.39 is 0 Å². The molecule has 0 heterocycles. The maximum atomic E-state index is 3.65. The molecular formula is C15H35N3. The third-order valence-corrected chi connectivity index (χ3v) is 3.61. The van der Waals surface area contributed by atoms with Crippen molar-refractivity contribution < 1.29 is 0 Å². The molecule has 0 bridgehead atoms. The van der Waals surface area contributed by atoms with E-state index in [1.165, 1.54) is 12.8 Å². The van der Waals surface area contributed by atoms with Crippen molar-refractivity contribution in [1.29, 1.82) is 0 Å². The van der Waals surface area contributed by atoms with Crippen molar-refractivity contribution in [2.75, 3.05) is 33.7 Å². The number of likely N-dealkylation sites (N-methyl/N-ethyl adjacent to an activating group) is 2. The Morgan fingerprint density at radius 2 is 1.61 bits per heavy atom. The van der Waals surface area contributed by atoms with Gasteiger partial charge in [0.2, 0.25) is 0 Å². The summed E-state index contributed by atoms with van der Waals surface area (Å²) in [6.45, 7) is 14.8. The van der Waals surface area contributed by atoms with Gasteiger partial charge in [-0.15, -0.1) is 0 Å². The summed E-state index contributed by atoms with van der Waals surface area (Å²) in [6.07, 6.45) is 2.53. The molecule has 3 nitrogen and oxygen atoms in total. The van der Waals surface area contributed by atoms with Gasteiger partial charge >= 0.3 is 0 Å². The van der Waals surface area contributed by atoms with Crippen LogP contribution in [0.1, 0.15) is 47.5 Å². The SMILES string of the molecule is CCCC(C)NCC(C)N(CC)C(C)CN(C)C. The van der Waals surface area contributed by atoms with Crippen molar-refractivity contribution >= 4 is 0 Å². The van der Waals surface area contributed by atoms with Gasteiger partial charge in [0, 0.05) is 31.2 Å². The number of hydrogen-bond acceptors (Lipinski definition) is 3. The number of nitrogens with zero attached hydrogens (tertiary/aromatic N) is 2. The van der Waals surface area contributed by atoms with E-state index in [0.717, 1.165) is 19.6 Å². The van der Waals surface area contributed by atoms with E-state index >= 15 is 0 Å². The average Bonchev–Trinajstić information content (AvgIpc) is 2.26. The Morgan fingerprint density at radius 1 is 1.00 bits per heavy atom. The number of rotatable bonds is 10. The molecule has 0 aromatic rings. The number of hydrogen-bond donors (Lipinski definition) is 1. The molecule has 3 atom stereocenters. The second-order valence-corrected chi connectivity index (χ2v) is 5.89. The predicted molar refractivity (Wildman–Crippen MR) is 82.2 cm³/mol. The van der Waals surface area contributed by atoms with Crippen LogP contribution in [0.2, 0.25) is 0 Å². The summed E-state index contributed by atoms with van der Waals surface area (Å²) < 4.78 is 0.